The first kappa shape index (κ1) is 12.4. The molecule has 4 nitrogen and oxygen atoms in total. The smallest absolute Gasteiger partial charge is 0.306 e. The Kier molecular flexibility index (Phi) is 4.02. The number of aliphatic carboxylic acids is 1. The highest BCUT2D eigenvalue weighted by Gasteiger charge is 2.33. The zero-order chi connectivity index (χ0) is 12.3. The van der Waals surface area contributed by atoms with Crippen LogP contribution in [0, 0.1) is 17.8 Å². The minimum atomic E-state index is -0.756. The second kappa shape index (κ2) is 5.52. The van der Waals surface area contributed by atoms with E-state index in [0.717, 1.165) is 25.3 Å². The van der Waals surface area contributed by atoms with Gasteiger partial charge >= 0.3 is 5.97 Å². The predicted molar refractivity (Wildman–Crippen MR) is 63.4 cm³/mol. The third-order valence-electron chi connectivity index (χ3n) is 3.94. The summed E-state index contributed by atoms with van der Waals surface area (Å²) in [6.45, 7) is 0.754. The number of nitrogens with one attached hydrogen (secondary N) is 1. The molecule has 0 aromatic heterocycles. The first-order valence-corrected chi connectivity index (χ1v) is 6.67. The number of carboxylic acid groups (broad SMARTS) is 1. The topological polar surface area (TPSA) is 66.4 Å². The second-order valence-electron chi connectivity index (χ2n) is 5.42. The summed E-state index contributed by atoms with van der Waals surface area (Å²) >= 11 is 0. The van der Waals surface area contributed by atoms with Crippen molar-refractivity contribution in [3.05, 3.63) is 0 Å². The molecule has 1 amide bonds. The van der Waals surface area contributed by atoms with Crippen LogP contribution in [0.4, 0.5) is 0 Å². The van der Waals surface area contributed by atoms with Gasteiger partial charge in [0.2, 0.25) is 5.91 Å². The van der Waals surface area contributed by atoms with Gasteiger partial charge in [-0.2, -0.15) is 0 Å². The molecule has 0 spiro atoms. The Morgan fingerprint density at radius 3 is 2.41 bits per heavy atom. The average molecular weight is 239 g/mol. The molecule has 0 unspecified atom stereocenters. The fraction of sp³-hybridized carbons (Fsp3) is 0.846. The maximum Gasteiger partial charge on any atom is 0.306 e. The molecule has 2 rings (SSSR count). The molecule has 0 heterocycles. The van der Waals surface area contributed by atoms with Crippen molar-refractivity contribution in [2.24, 2.45) is 17.8 Å². The van der Waals surface area contributed by atoms with Gasteiger partial charge in [-0.3, -0.25) is 9.59 Å². The lowest BCUT2D eigenvalue weighted by Crippen LogP contribution is -2.30. The Labute approximate surface area is 102 Å². The zero-order valence-electron chi connectivity index (χ0n) is 10.2. The van der Waals surface area contributed by atoms with Crippen LogP contribution in [-0.2, 0) is 9.59 Å². The van der Waals surface area contributed by atoms with E-state index in [4.69, 9.17) is 5.11 Å². The van der Waals surface area contributed by atoms with Gasteiger partial charge in [0, 0.05) is 12.5 Å². The standard InChI is InChI=1S/C13H21NO3/c15-12(14-7-1-2-9-3-4-9)10-5-6-11(8-10)13(16)17/h9-11H,1-8H2,(H,14,15)(H,16,17)/t10-,11+/m1/s1. The number of carbonyl (C=O) groups is 2. The van der Waals surface area contributed by atoms with Gasteiger partial charge in [-0.1, -0.05) is 12.8 Å². The average Bonchev–Trinajstić information content (AvgIpc) is 2.97. The van der Waals surface area contributed by atoms with Crippen LogP contribution in [0.1, 0.15) is 44.9 Å². The fourth-order valence-electron chi connectivity index (χ4n) is 2.60. The molecule has 0 bridgehead atoms. The molecule has 0 aliphatic heterocycles. The van der Waals surface area contributed by atoms with Crippen LogP contribution < -0.4 is 5.32 Å². The van der Waals surface area contributed by atoms with Crippen molar-refractivity contribution >= 4 is 11.9 Å². The molecule has 2 saturated carbocycles. The minimum absolute atomic E-state index is 0.0598. The Hall–Kier alpha value is -1.06. The van der Waals surface area contributed by atoms with Crippen LogP contribution in [0.5, 0.6) is 0 Å². The molecule has 2 atom stereocenters. The summed E-state index contributed by atoms with van der Waals surface area (Å²) in [6, 6.07) is 0. The van der Waals surface area contributed by atoms with Crippen molar-refractivity contribution in [2.45, 2.75) is 44.9 Å². The molecule has 2 aliphatic rings. The fourth-order valence-corrected chi connectivity index (χ4v) is 2.60. The summed E-state index contributed by atoms with van der Waals surface area (Å²) < 4.78 is 0. The SMILES string of the molecule is O=C(O)[C@H]1CC[C@@H](C(=O)NCCCC2CC2)C1. The summed E-state index contributed by atoms with van der Waals surface area (Å²) in [5, 5.41) is 11.8. The Morgan fingerprint density at radius 2 is 1.82 bits per heavy atom. The Morgan fingerprint density at radius 1 is 1.12 bits per heavy atom. The third-order valence-corrected chi connectivity index (χ3v) is 3.94. The molecule has 17 heavy (non-hydrogen) atoms. The van der Waals surface area contributed by atoms with E-state index in [1.807, 2.05) is 0 Å². The van der Waals surface area contributed by atoms with Gasteiger partial charge in [0.1, 0.15) is 0 Å². The molecule has 2 aliphatic carbocycles. The number of hydrogen-bond donors (Lipinski definition) is 2. The van der Waals surface area contributed by atoms with Crippen LogP contribution in [-0.4, -0.2) is 23.5 Å². The lowest BCUT2D eigenvalue weighted by Gasteiger charge is -2.10. The molecule has 0 radical (unpaired) electrons. The first-order chi connectivity index (χ1) is 8.16. The molecule has 2 N–H and O–H groups in total. The second-order valence-corrected chi connectivity index (χ2v) is 5.42. The third kappa shape index (κ3) is 3.72. The van der Waals surface area contributed by atoms with Crippen molar-refractivity contribution in [1.82, 2.24) is 5.32 Å². The van der Waals surface area contributed by atoms with Crippen LogP contribution in [0.2, 0.25) is 0 Å². The highest BCUT2D eigenvalue weighted by Crippen LogP contribution is 2.33. The quantitative estimate of drug-likeness (QED) is 0.694. The van der Waals surface area contributed by atoms with E-state index >= 15 is 0 Å². The number of rotatable bonds is 6. The van der Waals surface area contributed by atoms with E-state index < -0.39 is 5.97 Å². The maximum atomic E-state index is 11.8. The number of carboxylic acids is 1. The van der Waals surface area contributed by atoms with Crippen LogP contribution in [0.3, 0.4) is 0 Å². The van der Waals surface area contributed by atoms with Crippen molar-refractivity contribution < 1.29 is 14.7 Å². The van der Waals surface area contributed by atoms with Gasteiger partial charge in [0.25, 0.3) is 0 Å². The summed E-state index contributed by atoms with van der Waals surface area (Å²) in [4.78, 5) is 22.6. The molecular weight excluding hydrogens is 218 g/mol. The van der Waals surface area contributed by atoms with Crippen LogP contribution >= 0.6 is 0 Å². The molecule has 4 heteroatoms. The van der Waals surface area contributed by atoms with Crippen LogP contribution in [0.15, 0.2) is 0 Å². The van der Waals surface area contributed by atoms with Gasteiger partial charge in [-0.25, -0.2) is 0 Å². The first-order valence-electron chi connectivity index (χ1n) is 6.67. The summed E-state index contributed by atoms with van der Waals surface area (Å²) in [7, 11) is 0. The monoisotopic (exact) mass is 239 g/mol. The lowest BCUT2D eigenvalue weighted by atomic mass is 10.0. The molecule has 96 valence electrons. The van der Waals surface area contributed by atoms with Crippen molar-refractivity contribution in [2.75, 3.05) is 6.54 Å². The predicted octanol–water partition coefficient (Wildman–Crippen LogP) is 1.79. The summed E-state index contributed by atoms with van der Waals surface area (Å²) in [5.41, 5.74) is 0. The van der Waals surface area contributed by atoms with Gasteiger partial charge < -0.3 is 10.4 Å². The normalized spacial score (nSPS) is 28.0. The van der Waals surface area contributed by atoms with Gasteiger partial charge in [-0.05, 0) is 38.0 Å². The van der Waals surface area contributed by atoms with Crippen molar-refractivity contribution in [3.63, 3.8) is 0 Å². The Bertz CT molecular complexity index is 299. The van der Waals surface area contributed by atoms with Crippen LogP contribution in [0.25, 0.3) is 0 Å². The van der Waals surface area contributed by atoms with Gasteiger partial charge in [0.05, 0.1) is 5.92 Å². The maximum absolute atomic E-state index is 11.8. The molecule has 0 saturated heterocycles. The highest BCUT2D eigenvalue weighted by molar-refractivity contribution is 5.80. The van der Waals surface area contributed by atoms with Gasteiger partial charge in [0.15, 0.2) is 0 Å². The molecule has 0 aromatic carbocycles. The van der Waals surface area contributed by atoms with E-state index in [-0.39, 0.29) is 17.7 Å². The van der Waals surface area contributed by atoms with E-state index in [1.165, 1.54) is 19.3 Å². The minimum Gasteiger partial charge on any atom is -0.481 e. The summed E-state index contributed by atoms with van der Waals surface area (Å²) in [5.74, 6) is -0.164. The lowest BCUT2D eigenvalue weighted by molar-refractivity contribution is -0.141. The van der Waals surface area contributed by atoms with E-state index in [0.29, 0.717) is 12.8 Å². The molecule has 0 aromatic rings. The molecular formula is C13H21NO3. The van der Waals surface area contributed by atoms with Crippen molar-refractivity contribution in [1.29, 1.82) is 0 Å². The number of amides is 1. The van der Waals surface area contributed by atoms with Crippen molar-refractivity contribution in [3.8, 4) is 0 Å². The van der Waals surface area contributed by atoms with Gasteiger partial charge in [-0.15, -0.1) is 0 Å². The summed E-state index contributed by atoms with van der Waals surface area (Å²) in [6.07, 6.45) is 6.90. The molecule has 2 fully saturated rings. The van der Waals surface area contributed by atoms with E-state index in [9.17, 15) is 9.59 Å². The van der Waals surface area contributed by atoms with E-state index in [2.05, 4.69) is 5.32 Å². The largest absolute Gasteiger partial charge is 0.481 e. The van der Waals surface area contributed by atoms with E-state index in [1.54, 1.807) is 0 Å². The zero-order valence-corrected chi connectivity index (χ0v) is 10.2. The highest BCUT2D eigenvalue weighted by atomic mass is 16.4. The number of carbonyl (C=O) groups excluding carboxylic acids is 1. The number of hydrogen-bond acceptors (Lipinski definition) is 2. The Balaban J connectivity index is 1.60.